The van der Waals surface area contributed by atoms with Crippen molar-refractivity contribution in [2.24, 2.45) is 0 Å². The number of ether oxygens (including phenoxy) is 2. The van der Waals surface area contributed by atoms with Crippen molar-refractivity contribution in [1.82, 2.24) is 4.98 Å². The molecule has 1 aromatic rings. The number of hydrogen-bond acceptors (Lipinski definition) is 5. The molecule has 1 aliphatic rings. The number of carbonyl (C=O) groups excluding carboxylic acids is 1. The molecule has 0 aliphatic heterocycles. The van der Waals surface area contributed by atoms with Gasteiger partial charge in [-0.15, -0.1) is 0 Å². The molecule has 0 N–H and O–H groups in total. The Morgan fingerprint density at radius 3 is 2.50 bits per heavy atom. The zero-order chi connectivity index (χ0) is 18.0. The molecule has 0 spiro atoms. The Labute approximate surface area is 145 Å². The highest BCUT2D eigenvalue weighted by Gasteiger charge is 2.43. The molecule has 1 aliphatic carbocycles. The van der Waals surface area contributed by atoms with Crippen LogP contribution in [0.4, 0.5) is 0 Å². The lowest BCUT2D eigenvalue weighted by molar-refractivity contribution is -0.00341. The maximum atomic E-state index is 11.7. The average Bonchev–Trinajstić information content (AvgIpc) is 2.44. The number of nitrogens with zero attached hydrogens (tertiary/aromatic N) is 1. The fraction of sp³-hybridized carbons (Fsp3) is 0.667. The van der Waals surface area contributed by atoms with Crippen molar-refractivity contribution in [2.75, 3.05) is 6.61 Å². The van der Waals surface area contributed by atoms with Gasteiger partial charge in [-0.1, -0.05) is 20.8 Å². The highest BCUT2D eigenvalue weighted by molar-refractivity contribution is 6.74. The van der Waals surface area contributed by atoms with Crippen LogP contribution < -0.4 is 4.74 Å². The van der Waals surface area contributed by atoms with Crippen molar-refractivity contribution in [3.05, 3.63) is 24.0 Å². The summed E-state index contributed by atoms with van der Waals surface area (Å²) >= 11 is 0. The predicted molar refractivity (Wildman–Crippen MR) is 95.9 cm³/mol. The molecular weight excluding hydrogens is 322 g/mol. The van der Waals surface area contributed by atoms with Crippen molar-refractivity contribution >= 4 is 14.3 Å². The van der Waals surface area contributed by atoms with Gasteiger partial charge < -0.3 is 13.9 Å². The highest BCUT2D eigenvalue weighted by atomic mass is 28.4. The van der Waals surface area contributed by atoms with E-state index in [1.807, 2.05) is 0 Å². The molecule has 5 nitrogen and oxygen atoms in total. The molecule has 2 rings (SSSR count). The first kappa shape index (κ1) is 18.9. The summed E-state index contributed by atoms with van der Waals surface area (Å²) in [6.45, 7) is 13.4. The van der Waals surface area contributed by atoms with Crippen LogP contribution in [0, 0.1) is 0 Å². The Morgan fingerprint density at radius 2 is 1.92 bits per heavy atom. The van der Waals surface area contributed by atoms with Gasteiger partial charge in [-0.2, -0.15) is 0 Å². The zero-order valence-electron chi connectivity index (χ0n) is 15.6. The van der Waals surface area contributed by atoms with Crippen LogP contribution in [0.2, 0.25) is 18.1 Å². The number of esters is 1. The number of aromatic nitrogens is 1. The highest BCUT2D eigenvalue weighted by Crippen LogP contribution is 2.40. The molecule has 0 bridgehead atoms. The van der Waals surface area contributed by atoms with Crippen LogP contribution in [-0.4, -0.2) is 38.1 Å². The minimum Gasteiger partial charge on any atom is -0.489 e. The van der Waals surface area contributed by atoms with Crippen LogP contribution >= 0.6 is 0 Å². The van der Waals surface area contributed by atoms with E-state index in [1.165, 1.54) is 6.20 Å². The summed E-state index contributed by atoms with van der Waals surface area (Å²) in [4.78, 5) is 15.8. The maximum Gasteiger partial charge on any atom is 0.339 e. The number of rotatable bonds is 6. The smallest absolute Gasteiger partial charge is 0.339 e. The zero-order valence-corrected chi connectivity index (χ0v) is 16.6. The van der Waals surface area contributed by atoms with Crippen molar-refractivity contribution in [3.63, 3.8) is 0 Å². The summed E-state index contributed by atoms with van der Waals surface area (Å²) in [7, 11) is -1.72. The van der Waals surface area contributed by atoms with Crippen LogP contribution in [0.3, 0.4) is 0 Å². The summed E-state index contributed by atoms with van der Waals surface area (Å²) in [5.74, 6) is 0.236. The molecular formula is C18H29NO4Si. The van der Waals surface area contributed by atoms with Gasteiger partial charge in [0.25, 0.3) is 0 Å². The second-order valence-corrected chi connectivity index (χ2v) is 12.6. The summed E-state index contributed by atoms with van der Waals surface area (Å²) < 4.78 is 17.3. The molecule has 0 atom stereocenters. The van der Waals surface area contributed by atoms with E-state index in [4.69, 9.17) is 13.9 Å². The van der Waals surface area contributed by atoms with Crippen LogP contribution in [0.5, 0.6) is 5.75 Å². The Hall–Kier alpha value is -1.40. The first-order valence-electron chi connectivity index (χ1n) is 8.59. The van der Waals surface area contributed by atoms with Crippen molar-refractivity contribution in [2.45, 2.75) is 70.9 Å². The first-order valence-corrected chi connectivity index (χ1v) is 11.5. The summed E-state index contributed by atoms with van der Waals surface area (Å²) in [5, 5.41) is 0.219. The van der Waals surface area contributed by atoms with Gasteiger partial charge in [-0.05, 0) is 31.1 Å². The number of pyridine rings is 1. The second-order valence-electron chi connectivity index (χ2n) is 7.84. The quantitative estimate of drug-likeness (QED) is 0.568. The Balaban J connectivity index is 1.86. The molecule has 0 amide bonds. The molecule has 0 radical (unpaired) electrons. The lowest BCUT2D eigenvalue weighted by atomic mass is 9.92. The normalized spacial score (nSPS) is 21.1. The van der Waals surface area contributed by atoms with E-state index in [0.717, 1.165) is 12.8 Å². The van der Waals surface area contributed by atoms with E-state index >= 15 is 0 Å². The van der Waals surface area contributed by atoms with Crippen LogP contribution in [0.15, 0.2) is 18.5 Å². The van der Waals surface area contributed by atoms with Crippen LogP contribution in [-0.2, 0) is 9.16 Å². The number of carbonyl (C=O) groups is 1. The Bertz CT molecular complexity index is 577. The standard InChI is InChI=1S/C18H29NO4Si/c1-7-21-17(20)13-8-16(12-19-11-13)22-14-9-15(10-14)23-24(5,6)18(2,3)4/h8,11-12,14-15H,7,9-10H2,1-6H3. The van der Waals surface area contributed by atoms with Crippen molar-refractivity contribution < 1.29 is 18.7 Å². The molecule has 6 heteroatoms. The second kappa shape index (κ2) is 7.23. The average molecular weight is 352 g/mol. The Kier molecular flexibility index (Phi) is 5.70. The number of hydrogen-bond donors (Lipinski definition) is 0. The van der Waals surface area contributed by atoms with E-state index in [1.54, 1.807) is 19.2 Å². The first-order chi connectivity index (χ1) is 11.1. The van der Waals surface area contributed by atoms with E-state index in [2.05, 4.69) is 38.8 Å². The topological polar surface area (TPSA) is 57.7 Å². The van der Waals surface area contributed by atoms with Crippen molar-refractivity contribution in [3.8, 4) is 5.75 Å². The summed E-state index contributed by atoms with van der Waals surface area (Å²) in [5.41, 5.74) is 0.419. The van der Waals surface area contributed by atoms with E-state index in [9.17, 15) is 4.79 Å². The van der Waals surface area contributed by atoms with Gasteiger partial charge in [0.2, 0.25) is 0 Å². The van der Waals surface area contributed by atoms with Gasteiger partial charge in [-0.25, -0.2) is 4.79 Å². The fourth-order valence-corrected chi connectivity index (χ4v) is 3.68. The molecule has 0 unspecified atom stereocenters. The van der Waals surface area contributed by atoms with Gasteiger partial charge in [0.15, 0.2) is 8.32 Å². The van der Waals surface area contributed by atoms with E-state index < -0.39 is 8.32 Å². The van der Waals surface area contributed by atoms with Gasteiger partial charge in [0.05, 0.1) is 24.5 Å². The fourth-order valence-electron chi connectivity index (χ4n) is 2.31. The predicted octanol–water partition coefficient (Wildman–Crippen LogP) is 4.19. The van der Waals surface area contributed by atoms with Gasteiger partial charge in [0, 0.05) is 19.0 Å². The molecule has 1 fully saturated rings. The monoisotopic (exact) mass is 351 g/mol. The molecule has 0 saturated heterocycles. The van der Waals surface area contributed by atoms with E-state index in [0.29, 0.717) is 17.9 Å². The molecule has 24 heavy (non-hydrogen) atoms. The molecule has 134 valence electrons. The van der Waals surface area contributed by atoms with Crippen molar-refractivity contribution in [1.29, 1.82) is 0 Å². The summed E-state index contributed by atoms with van der Waals surface area (Å²) in [6, 6.07) is 1.69. The van der Waals surface area contributed by atoms with Crippen LogP contribution in [0.25, 0.3) is 0 Å². The van der Waals surface area contributed by atoms with Crippen LogP contribution in [0.1, 0.15) is 50.9 Å². The molecule has 0 aromatic carbocycles. The third-order valence-electron chi connectivity index (χ3n) is 4.85. The minimum atomic E-state index is -1.72. The third kappa shape index (κ3) is 4.57. The largest absolute Gasteiger partial charge is 0.489 e. The van der Waals surface area contributed by atoms with Gasteiger partial charge in [0.1, 0.15) is 11.9 Å². The Morgan fingerprint density at radius 1 is 1.25 bits per heavy atom. The van der Waals surface area contributed by atoms with Gasteiger partial charge in [-0.3, -0.25) is 4.98 Å². The third-order valence-corrected chi connectivity index (χ3v) is 9.38. The summed E-state index contributed by atoms with van der Waals surface area (Å²) in [6.07, 6.45) is 5.29. The minimum absolute atomic E-state index is 0.124. The molecule has 1 heterocycles. The molecule has 1 saturated carbocycles. The van der Waals surface area contributed by atoms with Gasteiger partial charge >= 0.3 is 5.97 Å². The SMILES string of the molecule is CCOC(=O)c1cncc(OC2CC(O[Si](C)(C)C(C)(C)C)C2)c1. The molecule has 1 aromatic heterocycles. The lowest BCUT2D eigenvalue weighted by Gasteiger charge is -2.44. The maximum absolute atomic E-state index is 11.7. The van der Waals surface area contributed by atoms with E-state index in [-0.39, 0.29) is 23.2 Å². The lowest BCUT2D eigenvalue weighted by Crippen LogP contribution is -2.50.